The van der Waals surface area contributed by atoms with Crippen molar-refractivity contribution < 1.29 is 9.52 Å². The first kappa shape index (κ1) is 13.2. The van der Waals surface area contributed by atoms with Crippen molar-refractivity contribution >= 4 is 22.8 Å². The number of para-hydroxylation sites is 1. The summed E-state index contributed by atoms with van der Waals surface area (Å²) >= 11 is 0. The first-order valence-electron chi connectivity index (χ1n) is 7.32. The summed E-state index contributed by atoms with van der Waals surface area (Å²) in [6.45, 7) is 0.655. The van der Waals surface area contributed by atoms with Crippen molar-refractivity contribution in [3.63, 3.8) is 0 Å². The number of fused-ring (bicyclic) bond motifs is 1. The lowest BCUT2D eigenvalue weighted by molar-refractivity contribution is 0.285. The van der Waals surface area contributed by atoms with E-state index < -0.39 is 0 Å². The van der Waals surface area contributed by atoms with Gasteiger partial charge >= 0.3 is 0 Å². The van der Waals surface area contributed by atoms with Crippen molar-refractivity contribution in [2.45, 2.75) is 38.1 Å². The zero-order valence-electron chi connectivity index (χ0n) is 11.6. The molecule has 0 radical (unpaired) electrons. The predicted octanol–water partition coefficient (Wildman–Crippen LogP) is 2.54. The van der Waals surface area contributed by atoms with Crippen molar-refractivity contribution in [2.24, 2.45) is 0 Å². The minimum Gasteiger partial charge on any atom is -0.423 e. The Balaban J connectivity index is 1.93. The van der Waals surface area contributed by atoms with Crippen LogP contribution in [0.2, 0.25) is 0 Å². The lowest BCUT2D eigenvalue weighted by Gasteiger charge is -2.32. The molecule has 1 aromatic carbocycles. The van der Waals surface area contributed by atoms with E-state index in [4.69, 9.17) is 10.2 Å². The van der Waals surface area contributed by atoms with Gasteiger partial charge in [0.1, 0.15) is 5.52 Å². The number of aliphatic hydroxyl groups excluding tert-OH is 1. The summed E-state index contributed by atoms with van der Waals surface area (Å²) < 4.78 is 5.84. The molecule has 20 heavy (non-hydrogen) atoms. The molecule has 0 atom stereocenters. The molecule has 1 aromatic heterocycles. The lowest BCUT2D eigenvalue weighted by atomic mass is 9.94. The number of aromatic nitrogens is 1. The molecule has 1 heterocycles. The Labute approximate surface area is 118 Å². The van der Waals surface area contributed by atoms with Crippen LogP contribution in [-0.2, 0) is 0 Å². The van der Waals surface area contributed by atoms with Crippen molar-refractivity contribution in [3.8, 4) is 0 Å². The number of anilines is 2. The smallest absolute Gasteiger partial charge is 0.298 e. The highest BCUT2D eigenvalue weighted by molar-refractivity contribution is 5.86. The number of benzene rings is 1. The van der Waals surface area contributed by atoms with Gasteiger partial charge in [-0.25, -0.2) is 0 Å². The summed E-state index contributed by atoms with van der Waals surface area (Å²) in [5.41, 5.74) is 7.98. The summed E-state index contributed by atoms with van der Waals surface area (Å²) in [5, 5.41) is 9.32. The van der Waals surface area contributed by atoms with E-state index in [1.807, 2.05) is 18.2 Å². The average molecular weight is 275 g/mol. The highest BCUT2D eigenvalue weighted by Crippen LogP contribution is 2.30. The van der Waals surface area contributed by atoms with Crippen LogP contribution in [0.25, 0.3) is 11.1 Å². The summed E-state index contributed by atoms with van der Waals surface area (Å²) in [6.07, 6.45) is 6.02. The monoisotopic (exact) mass is 275 g/mol. The maximum atomic E-state index is 9.32. The molecule has 1 saturated carbocycles. The fraction of sp³-hybridized carbons (Fsp3) is 0.533. The Bertz CT molecular complexity index is 576. The van der Waals surface area contributed by atoms with Gasteiger partial charge < -0.3 is 20.2 Å². The van der Waals surface area contributed by atoms with Crippen LogP contribution in [-0.4, -0.2) is 29.3 Å². The standard InChI is InChI=1S/C15H21N3O2/c16-12-7-4-8-13-14(12)17-15(20-13)18(9-10-19)11-5-2-1-3-6-11/h4,7-8,11,19H,1-3,5-6,9-10,16H2. The predicted molar refractivity (Wildman–Crippen MR) is 79.7 cm³/mol. The summed E-state index contributed by atoms with van der Waals surface area (Å²) in [4.78, 5) is 6.63. The number of hydrogen-bond donors (Lipinski definition) is 2. The molecule has 3 rings (SSSR count). The van der Waals surface area contributed by atoms with E-state index in [1.54, 1.807) is 0 Å². The molecule has 1 fully saturated rings. The van der Waals surface area contributed by atoms with Gasteiger partial charge in [0.05, 0.1) is 12.3 Å². The first-order chi connectivity index (χ1) is 9.79. The van der Waals surface area contributed by atoms with Gasteiger partial charge in [0.25, 0.3) is 6.01 Å². The zero-order valence-corrected chi connectivity index (χ0v) is 11.6. The van der Waals surface area contributed by atoms with Crippen LogP contribution >= 0.6 is 0 Å². The number of aliphatic hydroxyl groups is 1. The molecule has 0 saturated heterocycles. The third-order valence-electron chi connectivity index (χ3n) is 4.04. The van der Waals surface area contributed by atoms with Gasteiger partial charge in [-0.15, -0.1) is 0 Å². The molecule has 1 aliphatic rings. The number of oxazole rings is 1. The summed E-state index contributed by atoms with van der Waals surface area (Å²) in [5.74, 6) is 0. The van der Waals surface area contributed by atoms with Gasteiger partial charge in [0.15, 0.2) is 5.58 Å². The van der Waals surface area contributed by atoms with Gasteiger partial charge in [0.2, 0.25) is 0 Å². The maximum absolute atomic E-state index is 9.32. The molecular formula is C15H21N3O2. The Morgan fingerprint density at radius 3 is 2.80 bits per heavy atom. The zero-order chi connectivity index (χ0) is 13.9. The third kappa shape index (κ3) is 2.45. The van der Waals surface area contributed by atoms with E-state index in [1.165, 1.54) is 19.3 Å². The Hall–Kier alpha value is -1.75. The van der Waals surface area contributed by atoms with Crippen LogP contribution < -0.4 is 10.6 Å². The van der Waals surface area contributed by atoms with Crippen LogP contribution in [0.5, 0.6) is 0 Å². The van der Waals surface area contributed by atoms with Crippen LogP contribution in [0, 0.1) is 0 Å². The Kier molecular flexibility index (Phi) is 3.78. The maximum Gasteiger partial charge on any atom is 0.298 e. The Morgan fingerprint density at radius 2 is 2.10 bits per heavy atom. The molecule has 1 aliphatic carbocycles. The van der Waals surface area contributed by atoms with E-state index in [0.717, 1.165) is 12.8 Å². The fourth-order valence-corrected chi connectivity index (χ4v) is 3.02. The molecule has 0 unspecified atom stereocenters. The van der Waals surface area contributed by atoms with Gasteiger partial charge in [-0.2, -0.15) is 4.98 Å². The number of nitrogens with two attached hydrogens (primary N) is 1. The molecule has 3 N–H and O–H groups in total. The minimum atomic E-state index is 0.102. The molecule has 0 bridgehead atoms. The first-order valence-corrected chi connectivity index (χ1v) is 7.32. The number of nitrogens with zero attached hydrogens (tertiary/aromatic N) is 2. The van der Waals surface area contributed by atoms with Crippen molar-refractivity contribution in [1.29, 1.82) is 0 Å². The highest BCUT2D eigenvalue weighted by Gasteiger charge is 2.25. The van der Waals surface area contributed by atoms with E-state index >= 15 is 0 Å². The largest absolute Gasteiger partial charge is 0.423 e. The third-order valence-corrected chi connectivity index (χ3v) is 4.04. The second kappa shape index (κ2) is 5.71. The second-order valence-corrected chi connectivity index (χ2v) is 5.40. The molecule has 0 amide bonds. The van der Waals surface area contributed by atoms with Gasteiger partial charge in [-0.3, -0.25) is 0 Å². The number of hydrogen-bond acceptors (Lipinski definition) is 5. The fourth-order valence-electron chi connectivity index (χ4n) is 3.02. The molecular weight excluding hydrogens is 254 g/mol. The average Bonchev–Trinajstić information content (AvgIpc) is 2.91. The molecule has 5 nitrogen and oxygen atoms in total. The van der Waals surface area contributed by atoms with E-state index in [2.05, 4.69) is 9.88 Å². The molecule has 0 aliphatic heterocycles. The van der Waals surface area contributed by atoms with Crippen LogP contribution in [0.1, 0.15) is 32.1 Å². The molecule has 0 spiro atoms. The number of rotatable bonds is 4. The minimum absolute atomic E-state index is 0.102. The molecule has 108 valence electrons. The second-order valence-electron chi connectivity index (χ2n) is 5.40. The molecule has 5 heteroatoms. The lowest BCUT2D eigenvalue weighted by Crippen LogP contribution is -2.39. The van der Waals surface area contributed by atoms with Crippen molar-refractivity contribution in [1.82, 2.24) is 4.98 Å². The van der Waals surface area contributed by atoms with Crippen LogP contribution in [0.3, 0.4) is 0 Å². The van der Waals surface area contributed by atoms with E-state index in [-0.39, 0.29) is 6.61 Å². The van der Waals surface area contributed by atoms with Crippen LogP contribution in [0.15, 0.2) is 22.6 Å². The van der Waals surface area contributed by atoms with Crippen molar-refractivity contribution in [3.05, 3.63) is 18.2 Å². The van der Waals surface area contributed by atoms with Gasteiger partial charge in [-0.05, 0) is 25.0 Å². The normalized spacial score (nSPS) is 16.6. The van der Waals surface area contributed by atoms with E-state index in [0.29, 0.717) is 35.4 Å². The molecule has 2 aromatic rings. The quantitative estimate of drug-likeness (QED) is 0.839. The number of nitrogen functional groups attached to an aromatic ring is 1. The summed E-state index contributed by atoms with van der Waals surface area (Å²) in [6, 6.07) is 6.55. The SMILES string of the molecule is Nc1cccc2oc(N(CCO)C3CCCCC3)nc12. The summed E-state index contributed by atoms with van der Waals surface area (Å²) in [7, 11) is 0. The van der Waals surface area contributed by atoms with Crippen LogP contribution in [0.4, 0.5) is 11.7 Å². The topological polar surface area (TPSA) is 75.5 Å². The Morgan fingerprint density at radius 1 is 1.30 bits per heavy atom. The highest BCUT2D eigenvalue weighted by atomic mass is 16.4. The van der Waals surface area contributed by atoms with Crippen molar-refractivity contribution in [2.75, 3.05) is 23.8 Å². The van der Waals surface area contributed by atoms with E-state index in [9.17, 15) is 5.11 Å². The van der Waals surface area contributed by atoms with Gasteiger partial charge in [0, 0.05) is 12.6 Å². The van der Waals surface area contributed by atoms with Gasteiger partial charge in [-0.1, -0.05) is 25.3 Å².